The Hall–Kier alpha value is -2.25. The maximum absolute atomic E-state index is 11.6. The molecule has 2 aromatic rings. The molecule has 6 nitrogen and oxygen atoms in total. The predicted molar refractivity (Wildman–Crippen MR) is 96.5 cm³/mol. The molecule has 0 aliphatic carbocycles. The number of thiazole rings is 1. The van der Waals surface area contributed by atoms with Crippen molar-refractivity contribution in [1.82, 2.24) is 9.88 Å². The minimum Gasteiger partial charge on any atom is -0.480 e. The van der Waals surface area contributed by atoms with Crippen molar-refractivity contribution in [2.24, 2.45) is 5.92 Å². The molecule has 1 atom stereocenters. The molecular formula is C18H22N2O4S. The van der Waals surface area contributed by atoms with E-state index in [1.807, 2.05) is 49.6 Å². The average Bonchev–Trinajstić information content (AvgIpc) is 3.00. The van der Waals surface area contributed by atoms with E-state index in [0.29, 0.717) is 12.1 Å². The molecule has 1 unspecified atom stereocenters. The fourth-order valence-electron chi connectivity index (χ4n) is 2.60. The van der Waals surface area contributed by atoms with Crippen LogP contribution >= 0.6 is 11.3 Å². The summed E-state index contributed by atoms with van der Waals surface area (Å²) in [5.74, 6) is -1.91. The maximum Gasteiger partial charge on any atom is 0.320 e. The molecule has 0 amide bonds. The van der Waals surface area contributed by atoms with Crippen LogP contribution in [0, 0.1) is 5.92 Å². The van der Waals surface area contributed by atoms with Gasteiger partial charge in [0.25, 0.3) is 0 Å². The van der Waals surface area contributed by atoms with E-state index < -0.39 is 18.0 Å². The molecule has 0 aliphatic heterocycles. The summed E-state index contributed by atoms with van der Waals surface area (Å²) >= 11 is 1.46. The van der Waals surface area contributed by atoms with Gasteiger partial charge in [-0.2, -0.15) is 0 Å². The molecule has 25 heavy (non-hydrogen) atoms. The summed E-state index contributed by atoms with van der Waals surface area (Å²) in [5, 5.41) is 21.4. The average molecular weight is 362 g/mol. The molecule has 1 aromatic heterocycles. The molecule has 0 spiro atoms. The third-order valence-electron chi connectivity index (χ3n) is 3.70. The summed E-state index contributed by atoms with van der Waals surface area (Å²) < 4.78 is 0. The highest BCUT2D eigenvalue weighted by Crippen LogP contribution is 2.24. The molecule has 0 aliphatic rings. The van der Waals surface area contributed by atoms with Crippen molar-refractivity contribution in [3.63, 3.8) is 0 Å². The molecule has 1 heterocycles. The number of carbonyl (C=O) groups is 2. The molecule has 7 heteroatoms. The van der Waals surface area contributed by atoms with Crippen LogP contribution in [0.1, 0.15) is 26.0 Å². The Morgan fingerprint density at radius 1 is 1.20 bits per heavy atom. The van der Waals surface area contributed by atoms with Gasteiger partial charge < -0.3 is 10.2 Å². The second kappa shape index (κ2) is 8.73. The van der Waals surface area contributed by atoms with Gasteiger partial charge in [-0.15, -0.1) is 11.3 Å². The van der Waals surface area contributed by atoms with Crippen LogP contribution in [0.25, 0.3) is 10.6 Å². The highest BCUT2D eigenvalue weighted by Gasteiger charge is 2.28. The van der Waals surface area contributed by atoms with E-state index in [4.69, 9.17) is 5.11 Å². The predicted octanol–water partition coefficient (Wildman–Crippen LogP) is 3.20. The summed E-state index contributed by atoms with van der Waals surface area (Å²) in [6, 6.07) is 8.84. The Morgan fingerprint density at radius 2 is 1.88 bits per heavy atom. The van der Waals surface area contributed by atoms with Gasteiger partial charge in [-0.1, -0.05) is 44.2 Å². The van der Waals surface area contributed by atoms with Crippen molar-refractivity contribution < 1.29 is 19.8 Å². The Kier molecular flexibility index (Phi) is 6.66. The first kappa shape index (κ1) is 19.1. The van der Waals surface area contributed by atoms with Gasteiger partial charge in [-0.05, 0) is 12.3 Å². The van der Waals surface area contributed by atoms with Crippen LogP contribution in [0.2, 0.25) is 0 Å². The highest BCUT2D eigenvalue weighted by atomic mass is 32.1. The SMILES string of the molecule is CC(C)CC(C(=O)O)N(CC(=O)O)Cc1csc(-c2ccccc2)n1. The van der Waals surface area contributed by atoms with Crippen LogP contribution < -0.4 is 0 Å². The lowest BCUT2D eigenvalue weighted by Gasteiger charge is -2.27. The van der Waals surface area contributed by atoms with E-state index in [9.17, 15) is 14.7 Å². The quantitative estimate of drug-likeness (QED) is 0.712. The number of aromatic nitrogens is 1. The van der Waals surface area contributed by atoms with Crippen LogP contribution in [0.15, 0.2) is 35.7 Å². The van der Waals surface area contributed by atoms with Crippen molar-refractivity contribution >= 4 is 23.3 Å². The minimum absolute atomic E-state index is 0.146. The van der Waals surface area contributed by atoms with Crippen LogP contribution in [0.4, 0.5) is 0 Å². The van der Waals surface area contributed by atoms with Crippen molar-refractivity contribution in [2.75, 3.05) is 6.54 Å². The molecule has 134 valence electrons. The summed E-state index contributed by atoms with van der Waals surface area (Å²) in [7, 11) is 0. The van der Waals surface area contributed by atoms with Crippen molar-refractivity contribution in [2.45, 2.75) is 32.9 Å². The number of nitrogens with zero attached hydrogens (tertiary/aromatic N) is 2. The summed E-state index contributed by atoms with van der Waals surface area (Å²) in [6.07, 6.45) is 0.387. The van der Waals surface area contributed by atoms with E-state index in [0.717, 1.165) is 10.6 Å². The molecule has 0 saturated carbocycles. The topological polar surface area (TPSA) is 90.7 Å². The normalized spacial score (nSPS) is 12.5. The van der Waals surface area contributed by atoms with Gasteiger partial charge in [0, 0.05) is 17.5 Å². The Balaban J connectivity index is 2.20. The van der Waals surface area contributed by atoms with Crippen molar-refractivity contribution in [1.29, 1.82) is 0 Å². The number of carboxylic acid groups (broad SMARTS) is 2. The lowest BCUT2D eigenvalue weighted by molar-refractivity contribution is -0.147. The van der Waals surface area contributed by atoms with Crippen LogP contribution in [0.5, 0.6) is 0 Å². The fraction of sp³-hybridized carbons (Fsp3) is 0.389. The van der Waals surface area contributed by atoms with Gasteiger partial charge >= 0.3 is 11.9 Å². The lowest BCUT2D eigenvalue weighted by atomic mass is 10.0. The van der Waals surface area contributed by atoms with E-state index in [1.165, 1.54) is 16.2 Å². The van der Waals surface area contributed by atoms with Crippen LogP contribution in [0.3, 0.4) is 0 Å². The number of carboxylic acids is 2. The molecule has 2 N–H and O–H groups in total. The third kappa shape index (κ3) is 5.65. The van der Waals surface area contributed by atoms with E-state index in [-0.39, 0.29) is 19.0 Å². The monoisotopic (exact) mass is 362 g/mol. The molecular weight excluding hydrogens is 340 g/mol. The van der Waals surface area contributed by atoms with E-state index >= 15 is 0 Å². The van der Waals surface area contributed by atoms with Crippen LogP contribution in [-0.2, 0) is 16.1 Å². The number of hydrogen-bond acceptors (Lipinski definition) is 5. The number of hydrogen-bond donors (Lipinski definition) is 2. The Morgan fingerprint density at radius 3 is 2.44 bits per heavy atom. The van der Waals surface area contributed by atoms with E-state index in [1.54, 1.807) is 0 Å². The minimum atomic E-state index is -1.05. The summed E-state index contributed by atoms with van der Waals surface area (Å²) in [6.45, 7) is 3.71. The molecule has 0 fully saturated rings. The van der Waals surface area contributed by atoms with Gasteiger partial charge in [0.05, 0.1) is 12.2 Å². The molecule has 0 saturated heterocycles. The third-order valence-corrected chi connectivity index (χ3v) is 4.64. The summed E-state index contributed by atoms with van der Waals surface area (Å²) in [4.78, 5) is 28.8. The second-order valence-electron chi connectivity index (χ2n) is 6.29. The number of benzene rings is 1. The molecule has 2 rings (SSSR count). The largest absolute Gasteiger partial charge is 0.480 e. The zero-order valence-electron chi connectivity index (χ0n) is 14.3. The lowest BCUT2D eigenvalue weighted by Crippen LogP contribution is -2.44. The highest BCUT2D eigenvalue weighted by molar-refractivity contribution is 7.13. The van der Waals surface area contributed by atoms with Crippen molar-refractivity contribution in [3.8, 4) is 10.6 Å². The van der Waals surface area contributed by atoms with Gasteiger partial charge in [0.1, 0.15) is 11.0 Å². The Bertz CT molecular complexity index is 715. The zero-order valence-corrected chi connectivity index (χ0v) is 15.1. The zero-order chi connectivity index (χ0) is 18.4. The fourth-order valence-corrected chi connectivity index (χ4v) is 3.42. The molecule has 0 radical (unpaired) electrons. The molecule has 1 aromatic carbocycles. The second-order valence-corrected chi connectivity index (χ2v) is 7.15. The number of rotatable bonds is 9. The maximum atomic E-state index is 11.6. The van der Waals surface area contributed by atoms with Crippen LogP contribution in [-0.4, -0.2) is 44.6 Å². The first-order valence-corrected chi connectivity index (χ1v) is 8.93. The van der Waals surface area contributed by atoms with Gasteiger partial charge in [0.15, 0.2) is 0 Å². The standard InChI is InChI=1S/C18H22N2O4S/c1-12(2)8-15(18(23)24)20(10-16(21)22)9-14-11-25-17(19-14)13-6-4-3-5-7-13/h3-7,11-12,15H,8-10H2,1-2H3,(H,21,22)(H,23,24). The first-order chi connectivity index (χ1) is 11.9. The number of aliphatic carboxylic acids is 2. The van der Waals surface area contributed by atoms with Crippen molar-refractivity contribution in [3.05, 3.63) is 41.4 Å². The van der Waals surface area contributed by atoms with Gasteiger partial charge in [-0.3, -0.25) is 14.5 Å². The van der Waals surface area contributed by atoms with Gasteiger partial charge in [0.2, 0.25) is 0 Å². The summed E-state index contributed by atoms with van der Waals surface area (Å²) in [5.41, 5.74) is 1.67. The van der Waals surface area contributed by atoms with E-state index in [2.05, 4.69) is 4.98 Å². The first-order valence-electron chi connectivity index (χ1n) is 8.05. The van der Waals surface area contributed by atoms with Gasteiger partial charge in [-0.25, -0.2) is 4.98 Å². The Labute approximate surface area is 150 Å². The smallest absolute Gasteiger partial charge is 0.320 e. The molecule has 0 bridgehead atoms.